The molecule has 1 saturated heterocycles. The molecule has 1 atom stereocenters. The number of ether oxygens (including phenoxy) is 1. The topological polar surface area (TPSA) is 9.23 Å². The molecule has 1 unspecified atom stereocenters. The van der Waals surface area contributed by atoms with Gasteiger partial charge >= 0.3 is 0 Å². The van der Waals surface area contributed by atoms with Gasteiger partial charge in [-0.3, -0.25) is 0 Å². The monoisotopic (exact) mass is 176 g/mol. The van der Waals surface area contributed by atoms with E-state index in [9.17, 15) is 0 Å². The number of hydrogen-bond donors (Lipinski definition) is 0. The maximum atomic E-state index is 5.75. The van der Waals surface area contributed by atoms with Gasteiger partial charge in [-0.1, -0.05) is 29.8 Å². The lowest BCUT2D eigenvalue weighted by molar-refractivity contribution is -0.187. The van der Waals surface area contributed by atoms with Gasteiger partial charge in [0, 0.05) is 6.42 Å². The molecule has 0 aliphatic carbocycles. The van der Waals surface area contributed by atoms with Gasteiger partial charge in [-0.15, -0.1) is 0 Å². The van der Waals surface area contributed by atoms with Crippen LogP contribution in [0.2, 0.25) is 0 Å². The number of benzene rings is 1. The fourth-order valence-corrected chi connectivity index (χ4v) is 1.79. The summed E-state index contributed by atoms with van der Waals surface area (Å²) in [5.41, 5.74) is 2.71. The maximum Gasteiger partial charge on any atom is 0.0859 e. The molecule has 0 amide bonds. The van der Waals surface area contributed by atoms with Gasteiger partial charge in [-0.2, -0.15) is 0 Å². The van der Waals surface area contributed by atoms with Crippen molar-refractivity contribution in [3.63, 3.8) is 0 Å². The second-order valence-corrected chi connectivity index (χ2v) is 4.48. The summed E-state index contributed by atoms with van der Waals surface area (Å²) in [6.07, 6.45) is 1.46. The minimum absolute atomic E-state index is 0.0928. The fraction of sp³-hybridized carbons (Fsp3) is 0.500. The second kappa shape index (κ2) is 2.85. The quantitative estimate of drug-likeness (QED) is 0.638. The number of aryl methyl sites for hydroxylation is 1. The van der Waals surface area contributed by atoms with E-state index in [1.54, 1.807) is 0 Å². The Morgan fingerprint density at radius 2 is 1.77 bits per heavy atom. The molecule has 70 valence electrons. The van der Waals surface area contributed by atoms with Crippen molar-refractivity contribution in [2.75, 3.05) is 0 Å². The third kappa shape index (κ3) is 1.75. The van der Waals surface area contributed by atoms with E-state index in [1.807, 2.05) is 0 Å². The summed E-state index contributed by atoms with van der Waals surface area (Å²) in [7, 11) is 0. The summed E-state index contributed by atoms with van der Waals surface area (Å²) >= 11 is 0. The molecule has 2 rings (SSSR count). The standard InChI is InChI=1S/C12H16O/c1-9-4-6-10(7-5-9)11-8-12(2,3)13-11/h4-7,11H,8H2,1-3H3. The maximum absolute atomic E-state index is 5.75. The summed E-state index contributed by atoms with van der Waals surface area (Å²) in [4.78, 5) is 0. The Morgan fingerprint density at radius 1 is 1.23 bits per heavy atom. The van der Waals surface area contributed by atoms with E-state index in [-0.39, 0.29) is 5.60 Å². The molecule has 0 bridgehead atoms. The molecule has 1 aliphatic heterocycles. The fourth-order valence-electron chi connectivity index (χ4n) is 1.79. The van der Waals surface area contributed by atoms with Gasteiger partial charge in [0.2, 0.25) is 0 Å². The predicted octanol–water partition coefficient (Wildman–Crippen LogP) is 3.24. The van der Waals surface area contributed by atoms with Crippen molar-refractivity contribution in [3.05, 3.63) is 35.4 Å². The zero-order valence-corrected chi connectivity index (χ0v) is 8.50. The van der Waals surface area contributed by atoms with E-state index in [0.29, 0.717) is 6.10 Å². The lowest BCUT2D eigenvalue weighted by Gasteiger charge is -2.43. The van der Waals surface area contributed by atoms with Gasteiger partial charge in [-0.25, -0.2) is 0 Å². The molecular formula is C12H16O. The average Bonchev–Trinajstić information content (AvgIpc) is 2.01. The van der Waals surface area contributed by atoms with Gasteiger partial charge in [0.1, 0.15) is 0 Å². The number of rotatable bonds is 1. The van der Waals surface area contributed by atoms with E-state index in [1.165, 1.54) is 11.1 Å². The van der Waals surface area contributed by atoms with Crippen molar-refractivity contribution >= 4 is 0 Å². The predicted molar refractivity (Wildman–Crippen MR) is 53.7 cm³/mol. The Balaban J connectivity index is 2.08. The van der Waals surface area contributed by atoms with Crippen LogP contribution in [-0.2, 0) is 4.74 Å². The first-order valence-corrected chi connectivity index (χ1v) is 4.81. The highest BCUT2D eigenvalue weighted by Gasteiger charge is 2.37. The highest BCUT2D eigenvalue weighted by molar-refractivity contribution is 5.24. The normalized spacial score (nSPS) is 25.3. The zero-order valence-electron chi connectivity index (χ0n) is 8.50. The highest BCUT2D eigenvalue weighted by atomic mass is 16.5. The SMILES string of the molecule is Cc1ccc(C2CC(C)(C)O2)cc1. The molecule has 1 heteroatoms. The smallest absolute Gasteiger partial charge is 0.0859 e. The first-order valence-electron chi connectivity index (χ1n) is 4.81. The Hall–Kier alpha value is -0.820. The zero-order chi connectivity index (χ0) is 9.47. The average molecular weight is 176 g/mol. The molecule has 1 fully saturated rings. The van der Waals surface area contributed by atoms with E-state index in [4.69, 9.17) is 4.74 Å². The molecule has 1 nitrogen and oxygen atoms in total. The molecular weight excluding hydrogens is 160 g/mol. The van der Waals surface area contributed by atoms with Crippen LogP contribution < -0.4 is 0 Å². The lowest BCUT2D eigenvalue weighted by Crippen LogP contribution is -2.39. The van der Waals surface area contributed by atoms with Crippen LogP contribution in [0.4, 0.5) is 0 Å². The minimum atomic E-state index is 0.0928. The molecule has 0 saturated carbocycles. The second-order valence-electron chi connectivity index (χ2n) is 4.48. The van der Waals surface area contributed by atoms with Crippen LogP contribution in [0.5, 0.6) is 0 Å². The van der Waals surface area contributed by atoms with E-state index < -0.39 is 0 Å². The Kier molecular flexibility index (Phi) is 1.92. The van der Waals surface area contributed by atoms with E-state index >= 15 is 0 Å². The molecule has 0 radical (unpaired) electrons. The van der Waals surface area contributed by atoms with Crippen molar-refractivity contribution < 1.29 is 4.74 Å². The van der Waals surface area contributed by atoms with Gasteiger partial charge < -0.3 is 4.74 Å². The van der Waals surface area contributed by atoms with Crippen molar-refractivity contribution in [1.29, 1.82) is 0 Å². The molecule has 1 heterocycles. The summed E-state index contributed by atoms with van der Waals surface area (Å²) < 4.78 is 5.75. The first-order chi connectivity index (χ1) is 6.07. The van der Waals surface area contributed by atoms with Crippen molar-refractivity contribution in [2.24, 2.45) is 0 Å². The van der Waals surface area contributed by atoms with Crippen molar-refractivity contribution in [3.8, 4) is 0 Å². The molecule has 0 spiro atoms. The van der Waals surface area contributed by atoms with Crippen LogP contribution in [-0.4, -0.2) is 5.60 Å². The summed E-state index contributed by atoms with van der Waals surface area (Å²) in [6, 6.07) is 8.61. The molecule has 13 heavy (non-hydrogen) atoms. The van der Waals surface area contributed by atoms with Gasteiger partial charge in [-0.05, 0) is 26.3 Å². The minimum Gasteiger partial charge on any atom is -0.367 e. The van der Waals surface area contributed by atoms with Crippen molar-refractivity contribution in [2.45, 2.75) is 38.9 Å². The van der Waals surface area contributed by atoms with E-state index in [0.717, 1.165) is 6.42 Å². The Bertz CT molecular complexity index is 289. The molecule has 1 aromatic rings. The van der Waals surface area contributed by atoms with Gasteiger partial charge in [0.05, 0.1) is 11.7 Å². The van der Waals surface area contributed by atoms with Gasteiger partial charge in [0.15, 0.2) is 0 Å². The van der Waals surface area contributed by atoms with E-state index in [2.05, 4.69) is 45.0 Å². The summed E-state index contributed by atoms with van der Waals surface area (Å²) in [5, 5.41) is 0. The molecule has 1 aliphatic rings. The molecule has 1 aromatic carbocycles. The third-order valence-electron chi connectivity index (χ3n) is 2.59. The van der Waals surface area contributed by atoms with Crippen LogP contribution in [0.3, 0.4) is 0 Å². The third-order valence-corrected chi connectivity index (χ3v) is 2.59. The highest BCUT2D eigenvalue weighted by Crippen LogP contribution is 2.42. The largest absolute Gasteiger partial charge is 0.367 e. The number of hydrogen-bond acceptors (Lipinski definition) is 1. The Labute approximate surface area is 79.7 Å². The summed E-state index contributed by atoms with van der Waals surface area (Å²) in [6.45, 7) is 6.38. The van der Waals surface area contributed by atoms with Crippen LogP contribution in [0.15, 0.2) is 24.3 Å². The molecule has 0 aromatic heterocycles. The lowest BCUT2D eigenvalue weighted by atomic mass is 9.89. The Morgan fingerprint density at radius 3 is 2.23 bits per heavy atom. The van der Waals surface area contributed by atoms with Crippen molar-refractivity contribution in [1.82, 2.24) is 0 Å². The van der Waals surface area contributed by atoms with Crippen LogP contribution >= 0.6 is 0 Å². The summed E-state index contributed by atoms with van der Waals surface area (Å²) in [5.74, 6) is 0. The molecule has 0 N–H and O–H groups in total. The first kappa shape index (κ1) is 8.76. The van der Waals surface area contributed by atoms with Crippen LogP contribution in [0, 0.1) is 6.92 Å². The van der Waals surface area contributed by atoms with Crippen LogP contribution in [0.1, 0.15) is 37.5 Å². The van der Waals surface area contributed by atoms with Crippen LogP contribution in [0.25, 0.3) is 0 Å². The van der Waals surface area contributed by atoms with Gasteiger partial charge in [0.25, 0.3) is 0 Å².